The van der Waals surface area contributed by atoms with E-state index in [0.29, 0.717) is 28.4 Å². The van der Waals surface area contributed by atoms with Crippen molar-refractivity contribution >= 4 is 45.3 Å². The molecular formula is C22H35ClN4O4S2. The minimum Gasteiger partial charge on any atom is -0.354 e. The zero-order valence-corrected chi connectivity index (χ0v) is 22.2. The Morgan fingerprint density at radius 3 is 2.58 bits per heavy atom. The van der Waals surface area contributed by atoms with Crippen LogP contribution in [0.5, 0.6) is 0 Å². The molecule has 186 valence electrons. The zero-order valence-electron chi connectivity index (χ0n) is 19.8. The van der Waals surface area contributed by atoms with Gasteiger partial charge in [0.15, 0.2) is 0 Å². The molecular weight excluding hydrogens is 484 g/mol. The van der Waals surface area contributed by atoms with Crippen LogP contribution in [0.15, 0.2) is 21.9 Å². The second-order valence-electron chi connectivity index (χ2n) is 7.92. The maximum absolute atomic E-state index is 13.3. The third kappa shape index (κ3) is 7.24. The number of sulfonamides is 1. The van der Waals surface area contributed by atoms with Gasteiger partial charge in [-0.1, -0.05) is 45.2 Å². The highest BCUT2D eigenvalue weighted by molar-refractivity contribution is 8.01. The number of thioether (sulfide) groups is 1. The summed E-state index contributed by atoms with van der Waals surface area (Å²) in [4.78, 5) is 27.7. The highest BCUT2D eigenvalue weighted by Crippen LogP contribution is 2.37. The van der Waals surface area contributed by atoms with Gasteiger partial charge in [-0.25, -0.2) is 17.5 Å². The van der Waals surface area contributed by atoms with Gasteiger partial charge < -0.3 is 15.5 Å². The molecule has 1 aliphatic heterocycles. The zero-order chi connectivity index (χ0) is 24.6. The number of carbonyl (C=O) groups is 2. The van der Waals surface area contributed by atoms with Crippen molar-refractivity contribution < 1.29 is 18.0 Å². The molecule has 33 heavy (non-hydrogen) atoms. The first-order valence-electron chi connectivity index (χ1n) is 11.4. The molecule has 1 saturated heterocycles. The first-order valence-corrected chi connectivity index (χ1v) is 14.1. The maximum atomic E-state index is 13.3. The van der Waals surface area contributed by atoms with Crippen LogP contribution in [-0.4, -0.2) is 74.1 Å². The standard InChI is InChI=1S/C22H35ClN4O4S2/c1-5-8-9-18(21(28)24-10-12-26(6-2)7-3)32-19-15-17(23)16(4)14-20(19)33(30,31)27-13-11-25-22(27)29/h14-15,18H,5-13H2,1-4H3,(H,24,28)(H,25,29). The van der Waals surface area contributed by atoms with Crippen LogP contribution in [-0.2, 0) is 14.8 Å². The molecule has 3 amide bonds. The minimum atomic E-state index is -4.08. The molecule has 2 N–H and O–H groups in total. The topological polar surface area (TPSA) is 98.8 Å². The maximum Gasteiger partial charge on any atom is 0.331 e. The molecule has 1 unspecified atom stereocenters. The summed E-state index contributed by atoms with van der Waals surface area (Å²) in [5.41, 5.74) is 0.591. The molecule has 8 nitrogen and oxygen atoms in total. The summed E-state index contributed by atoms with van der Waals surface area (Å²) in [6.45, 7) is 11.4. The largest absolute Gasteiger partial charge is 0.354 e. The average molecular weight is 519 g/mol. The van der Waals surface area contributed by atoms with E-state index in [-0.39, 0.29) is 23.9 Å². The number of halogens is 1. The summed E-state index contributed by atoms with van der Waals surface area (Å²) in [5.74, 6) is -0.125. The van der Waals surface area contributed by atoms with E-state index in [9.17, 15) is 18.0 Å². The van der Waals surface area contributed by atoms with Crippen LogP contribution in [0.2, 0.25) is 5.02 Å². The van der Waals surface area contributed by atoms with E-state index in [1.54, 1.807) is 13.0 Å². The Bertz CT molecular complexity index is 939. The number of rotatable bonds is 13. The van der Waals surface area contributed by atoms with E-state index < -0.39 is 21.3 Å². The number of hydrogen-bond acceptors (Lipinski definition) is 6. The summed E-state index contributed by atoms with van der Waals surface area (Å²) in [6, 6.07) is 2.43. The Balaban J connectivity index is 2.30. The van der Waals surface area contributed by atoms with E-state index in [1.807, 2.05) is 6.92 Å². The van der Waals surface area contributed by atoms with Crippen LogP contribution in [0, 0.1) is 6.92 Å². The first kappa shape index (κ1) is 27.8. The van der Waals surface area contributed by atoms with E-state index in [4.69, 9.17) is 11.6 Å². The highest BCUT2D eigenvalue weighted by atomic mass is 35.5. The van der Waals surface area contributed by atoms with Gasteiger partial charge >= 0.3 is 6.03 Å². The van der Waals surface area contributed by atoms with Crippen LogP contribution in [0.25, 0.3) is 0 Å². The Labute approximate surface area is 206 Å². The summed E-state index contributed by atoms with van der Waals surface area (Å²) < 4.78 is 27.5. The lowest BCUT2D eigenvalue weighted by Gasteiger charge is -2.22. The Kier molecular flexibility index (Phi) is 10.8. The SMILES string of the molecule is CCCCC(Sc1cc(Cl)c(C)cc1S(=O)(=O)N1CCNC1=O)C(=O)NCCN(CC)CC. The molecule has 0 aliphatic carbocycles. The van der Waals surface area contributed by atoms with Crippen LogP contribution < -0.4 is 10.6 Å². The molecule has 0 bridgehead atoms. The van der Waals surface area contributed by atoms with Crippen LogP contribution in [0.3, 0.4) is 0 Å². The van der Waals surface area contributed by atoms with Gasteiger partial charge in [0.05, 0.1) is 11.8 Å². The number of nitrogens with zero attached hydrogens (tertiary/aromatic N) is 2. The third-order valence-corrected chi connectivity index (χ3v) is 9.30. The molecule has 1 atom stereocenters. The molecule has 0 radical (unpaired) electrons. The number of benzene rings is 1. The predicted molar refractivity (Wildman–Crippen MR) is 133 cm³/mol. The van der Waals surface area contributed by atoms with Gasteiger partial charge in [0.25, 0.3) is 10.0 Å². The quantitative estimate of drug-likeness (QED) is 0.388. The van der Waals surface area contributed by atoms with Crippen molar-refractivity contribution in [3.63, 3.8) is 0 Å². The van der Waals surface area contributed by atoms with Gasteiger partial charge in [-0.05, 0) is 44.1 Å². The average Bonchev–Trinajstić information content (AvgIpc) is 3.22. The fourth-order valence-electron chi connectivity index (χ4n) is 3.51. The second kappa shape index (κ2) is 12.8. The molecule has 1 aromatic rings. The number of amides is 3. The third-order valence-electron chi connectivity index (χ3n) is 5.61. The fraction of sp³-hybridized carbons (Fsp3) is 0.636. The fourth-order valence-corrected chi connectivity index (χ4v) is 6.83. The van der Waals surface area contributed by atoms with Crippen LogP contribution in [0.1, 0.15) is 45.6 Å². The van der Waals surface area contributed by atoms with Crippen LogP contribution in [0.4, 0.5) is 4.79 Å². The molecule has 1 aliphatic rings. The van der Waals surface area contributed by atoms with Crippen molar-refractivity contribution in [2.45, 2.75) is 62.0 Å². The monoisotopic (exact) mass is 518 g/mol. The first-order chi connectivity index (χ1) is 15.6. The molecule has 0 spiro atoms. The number of likely N-dealkylation sites (N-methyl/N-ethyl adjacent to an activating group) is 1. The van der Waals surface area contributed by atoms with E-state index in [2.05, 4.69) is 29.4 Å². The summed E-state index contributed by atoms with van der Waals surface area (Å²) >= 11 is 7.53. The lowest BCUT2D eigenvalue weighted by Crippen LogP contribution is -2.39. The Morgan fingerprint density at radius 1 is 1.30 bits per heavy atom. The molecule has 1 aromatic carbocycles. The van der Waals surface area contributed by atoms with Crippen molar-refractivity contribution in [2.75, 3.05) is 39.3 Å². The minimum absolute atomic E-state index is 0.00360. The van der Waals surface area contributed by atoms with Crippen molar-refractivity contribution in [3.05, 3.63) is 22.7 Å². The number of unbranched alkanes of at least 4 members (excludes halogenated alkanes) is 1. The van der Waals surface area contributed by atoms with Gasteiger partial charge in [-0.2, -0.15) is 0 Å². The number of carbonyl (C=O) groups excluding carboxylic acids is 2. The van der Waals surface area contributed by atoms with E-state index >= 15 is 0 Å². The van der Waals surface area contributed by atoms with Gasteiger partial charge in [0.1, 0.15) is 4.90 Å². The van der Waals surface area contributed by atoms with Crippen LogP contribution >= 0.6 is 23.4 Å². The highest BCUT2D eigenvalue weighted by Gasteiger charge is 2.35. The molecule has 11 heteroatoms. The predicted octanol–water partition coefficient (Wildman–Crippen LogP) is 3.47. The Morgan fingerprint density at radius 2 is 2.00 bits per heavy atom. The van der Waals surface area contributed by atoms with Crippen molar-refractivity contribution in [1.29, 1.82) is 0 Å². The van der Waals surface area contributed by atoms with Gasteiger partial charge in [-0.3, -0.25) is 4.79 Å². The second-order valence-corrected chi connectivity index (χ2v) is 11.4. The van der Waals surface area contributed by atoms with E-state index in [1.165, 1.54) is 17.8 Å². The molecule has 1 heterocycles. The van der Waals surface area contributed by atoms with Crippen molar-refractivity contribution in [2.24, 2.45) is 0 Å². The molecule has 0 aromatic heterocycles. The van der Waals surface area contributed by atoms with Crippen molar-refractivity contribution in [3.8, 4) is 0 Å². The lowest BCUT2D eigenvalue weighted by atomic mass is 10.2. The number of aryl methyl sites for hydroxylation is 1. The Hall–Kier alpha value is -1.49. The molecule has 1 fully saturated rings. The number of nitrogens with one attached hydrogen (secondary N) is 2. The van der Waals surface area contributed by atoms with Crippen molar-refractivity contribution in [1.82, 2.24) is 19.8 Å². The van der Waals surface area contributed by atoms with Gasteiger partial charge in [-0.15, -0.1) is 11.8 Å². The number of urea groups is 1. The summed E-state index contributed by atoms with van der Waals surface area (Å²) in [5, 5.41) is 5.47. The summed E-state index contributed by atoms with van der Waals surface area (Å²) in [7, 11) is -4.08. The normalized spacial score (nSPS) is 15.1. The lowest BCUT2D eigenvalue weighted by molar-refractivity contribution is -0.120. The molecule has 0 saturated carbocycles. The van der Waals surface area contributed by atoms with Gasteiger partial charge in [0, 0.05) is 29.6 Å². The van der Waals surface area contributed by atoms with Gasteiger partial charge in [0.2, 0.25) is 5.91 Å². The van der Waals surface area contributed by atoms with E-state index in [0.717, 1.165) is 36.8 Å². The molecule has 2 rings (SSSR count). The number of hydrogen-bond donors (Lipinski definition) is 2. The smallest absolute Gasteiger partial charge is 0.331 e. The summed E-state index contributed by atoms with van der Waals surface area (Å²) in [6.07, 6.45) is 2.35.